The standard InChI is InChI=1S/C10H12FNO3/c1-10(2,12)7-8(11)5(13)3-6-9(7)15-4-14-6/h3,13H,4,12H2,1-2H3. The van der Waals surface area contributed by atoms with E-state index in [0.29, 0.717) is 5.75 Å². The zero-order chi connectivity index (χ0) is 11.2. The van der Waals surface area contributed by atoms with Crippen molar-refractivity contribution in [3.63, 3.8) is 0 Å². The summed E-state index contributed by atoms with van der Waals surface area (Å²) in [5.74, 6) is -0.639. The summed E-state index contributed by atoms with van der Waals surface area (Å²) in [6, 6.07) is 1.19. The molecule has 0 saturated heterocycles. The van der Waals surface area contributed by atoms with Gasteiger partial charge in [-0.2, -0.15) is 0 Å². The normalized spacial score (nSPS) is 14.4. The lowest BCUT2D eigenvalue weighted by molar-refractivity contribution is 0.172. The van der Waals surface area contributed by atoms with E-state index >= 15 is 0 Å². The Morgan fingerprint density at radius 3 is 2.73 bits per heavy atom. The van der Waals surface area contributed by atoms with Crippen molar-refractivity contribution >= 4 is 0 Å². The fourth-order valence-electron chi connectivity index (χ4n) is 1.58. The van der Waals surface area contributed by atoms with Gasteiger partial charge in [-0.1, -0.05) is 0 Å². The third kappa shape index (κ3) is 1.48. The minimum atomic E-state index is -0.944. The molecule has 1 aliphatic rings. The highest BCUT2D eigenvalue weighted by atomic mass is 19.1. The van der Waals surface area contributed by atoms with Crippen molar-refractivity contribution in [1.29, 1.82) is 0 Å². The third-order valence-electron chi connectivity index (χ3n) is 2.23. The van der Waals surface area contributed by atoms with Gasteiger partial charge in [0.2, 0.25) is 6.79 Å². The molecular formula is C10H12FNO3. The molecule has 1 aliphatic heterocycles. The van der Waals surface area contributed by atoms with Gasteiger partial charge in [0, 0.05) is 11.6 Å². The lowest BCUT2D eigenvalue weighted by Gasteiger charge is -2.21. The van der Waals surface area contributed by atoms with Crippen molar-refractivity contribution in [3.05, 3.63) is 17.4 Å². The van der Waals surface area contributed by atoms with Gasteiger partial charge >= 0.3 is 0 Å². The maximum absolute atomic E-state index is 13.7. The Morgan fingerprint density at radius 2 is 2.13 bits per heavy atom. The molecule has 0 saturated carbocycles. The average Bonchev–Trinajstić information content (AvgIpc) is 2.50. The van der Waals surface area contributed by atoms with Crippen LogP contribution in [0.1, 0.15) is 19.4 Å². The largest absolute Gasteiger partial charge is 0.505 e. The summed E-state index contributed by atoms with van der Waals surface area (Å²) in [5.41, 5.74) is 5.00. The second-order valence-corrected chi connectivity index (χ2v) is 4.04. The van der Waals surface area contributed by atoms with Gasteiger partial charge in [-0.15, -0.1) is 0 Å². The number of phenolic OH excluding ortho intramolecular Hbond substituents is 1. The summed E-state index contributed by atoms with van der Waals surface area (Å²) in [5, 5.41) is 9.36. The minimum absolute atomic E-state index is 0.0152. The van der Waals surface area contributed by atoms with Crippen LogP contribution in [0.15, 0.2) is 6.07 Å². The van der Waals surface area contributed by atoms with Crippen molar-refractivity contribution in [2.45, 2.75) is 19.4 Å². The highest BCUT2D eigenvalue weighted by Gasteiger charge is 2.32. The molecule has 0 spiro atoms. The topological polar surface area (TPSA) is 64.7 Å². The van der Waals surface area contributed by atoms with E-state index in [2.05, 4.69) is 0 Å². The quantitative estimate of drug-likeness (QED) is 0.741. The molecule has 15 heavy (non-hydrogen) atoms. The molecule has 2 rings (SSSR count). The van der Waals surface area contributed by atoms with Gasteiger partial charge in [0.25, 0.3) is 0 Å². The first-order valence-electron chi connectivity index (χ1n) is 4.51. The summed E-state index contributed by atoms with van der Waals surface area (Å²) in [6.07, 6.45) is 0. The van der Waals surface area contributed by atoms with E-state index in [4.69, 9.17) is 15.2 Å². The van der Waals surface area contributed by atoms with E-state index in [0.717, 1.165) is 0 Å². The summed E-state index contributed by atoms with van der Waals surface area (Å²) >= 11 is 0. The van der Waals surface area contributed by atoms with Gasteiger partial charge in [0.15, 0.2) is 23.1 Å². The van der Waals surface area contributed by atoms with Gasteiger partial charge in [-0.3, -0.25) is 0 Å². The van der Waals surface area contributed by atoms with Crippen LogP contribution in [0.2, 0.25) is 0 Å². The minimum Gasteiger partial charge on any atom is -0.505 e. The zero-order valence-electron chi connectivity index (χ0n) is 8.50. The molecular weight excluding hydrogens is 201 g/mol. The SMILES string of the molecule is CC(C)(N)c1c(F)c(O)cc2c1OCO2. The molecule has 0 bridgehead atoms. The van der Waals surface area contributed by atoms with Crippen molar-refractivity contribution in [2.75, 3.05) is 6.79 Å². The van der Waals surface area contributed by atoms with Crippen molar-refractivity contribution < 1.29 is 19.0 Å². The molecule has 0 aromatic heterocycles. The molecule has 0 amide bonds. The number of fused-ring (bicyclic) bond motifs is 1. The van der Waals surface area contributed by atoms with E-state index in [1.165, 1.54) is 6.07 Å². The van der Waals surface area contributed by atoms with E-state index in [1.54, 1.807) is 13.8 Å². The van der Waals surface area contributed by atoms with E-state index in [9.17, 15) is 9.50 Å². The maximum Gasteiger partial charge on any atom is 0.231 e. The smallest absolute Gasteiger partial charge is 0.231 e. The molecule has 0 aliphatic carbocycles. The number of phenols is 1. The first-order chi connectivity index (χ1) is 6.91. The Balaban J connectivity index is 2.71. The molecule has 0 unspecified atom stereocenters. The molecule has 3 N–H and O–H groups in total. The molecule has 82 valence electrons. The zero-order valence-corrected chi connectivity index (χ0v) is 8.50. The van der Waals surface area contributed by atoms with Crippen LogP contribution in [-0.4, -0.2) is 11.9 Å². The molecule has 4 nitrogen and oxygen atoms in total. The predicted octanol–water partition coefficient (Wildman–Crippen LogP) is 1.45. The second-order valence-electron chi connectivity index (χ2n) is 4.04. The number of halogens is 1. The van der Waals surface area contributed by atoms with Crippen LogP contribution in [-0.2, 0) is 5.54 Å². The summed E-state index contributed by atoms with van der Waals surface area (Å²) < 4.78 is 23.9. The van der Waals surface area contributed by atoms with E-state index in [1.807, 2.05) is 0 Å². The monoisotopic (exact) mass is 213 g/mol. The Labute approximate surface area is 86.4 Å². The Bertz CT molecular complexity index is 412. The fraction of sp³-hybridized carbons (Fsp3) is 0.400. The number of ether oxygens (including phenoxy) is 2. The highest BCUT2D eigenvalue weighted by molar-refractivity contribution is 5.55. The van der Waals surface area contributed by atoms with Crippen LogP contribution >= 0.6 is 0 Å². The lowest BCUT2D eigenvalue weighted by atomic mass is 9.93. The first-order valence-corrected chi connectivity index (χ1v) is 4.51. The van der Waals surface area contributed by atoms with Crippen molar-refractivity contribution in [2.24, 2.45) is 5.73 Å². The fourth-order valence-corrected chi connectivity index (χ4v) is 1.58. The van der Waals surface area contributed by atoms with Gasteiger partial charge in [0.05, 0.1) is 5.56 Å². The predicted molar refractivity (Wildman–Crippen MR) is 51.4 cm³/mol. The van der Waals surface area contributed by atoms with E-state index in [-0.39, 0.29) is 18.1 Å². The van der Waals surface area contributed by atoms with Crippen molar-refractivity contribution in [1.82, 2.24) is 0 Å². The molecule has 0 radical (unpaired) electrons. The number of hydrogen-bond donors (Lipinski definition) is 2. The number of benzene rings is 1. The molecule has 1 aromatic rings. The molecule has 1 heterocycles. The van der Waals surface area contributed by atoms with Crippen LogP contribution in [0.4, 0.5) is 4.39 Å². The van der Waals surface area contributed by atoms with Crippen LogP contribution in [0.25, 0.3) is 0 Å². The van der Waals surface area contributed by atoms with Gasteiger partial charge in [-0.05, 0) is 13.8 Å². The Kier molecular flexibility index (Phi) is 2.01. The second kappa shape index (κ2) is 3.00. The average molecular weight is 213 g/mol. The molecule has 1 aromatic carbocycles. The summed E-state index contributed by atoms with van der Waals surface area (Å²) in [4.78, 5) is 0. The Morgan fingerprint density at radius 1 is 1.47 bits per heavy atom. The number of nitrogens with two attached hydrogens (primary N) is 1. The Hall–Kier alpha value is -1.49. The third-order valence-corrected chi connectivity index (χ3v) is 2.23. The van der Waals surface area contributed by atoms with Crippen LogP contribution in [0.3, 0.4) is 0 Å². The number of aromatic hydroxyl groups is 1. The lowest BCUT2D eigenvalue weighted by Crippen LogP contribution is -2.30. The van der Waals surface area contributed by atoms with Crippen molar-refractivity contribution in [3.8, 4) is 17.2 Å². The highest BCUT2D eigenvalue weighted by Crippen LogP contribution is 2.44. The van der Waals surface area contributed by atoms with Crippen LogP contribution < -0.4 is 15.2 Å². The van der Waals surface area contributed by atoms with Gasteiger partial charge < -0.3 is 20.3 Å². The molecule has 0 fully saturated rings. The summed E-state index contributed by atoms with van der Waals surface area (Å²) in [7, 11) is 0. The van der Waals surface area contributed by atoms with Crippen LogP contribution in [0.5, 0.6) is 17.2 Å². The van der Waals surface area contributed by atoms with Gasteiger partial charge in [-0.25, -0.2) is 4.39 Å². The van der Waals surface area contributed by atoms with E-state index < -0.39 is 17.1 Å². The van der Waals surface area contributed by atoms with Crippen LogP contribution in [0, 0.1) is 5.82 Å². The maximum atomic E-state index is 13.7. The molecule has 0 atom stereocenters. The first kappa shape index (κ1) is 10.0. The van der Waals surface area contributed by atoms with Gasteiger partial charge in [0.1, 0.15) is 0 Å². The summed E-state index contributed by atoms with van der Waals surface area (Å²) in [6.45, 7) is 3.28. The molecule has 5 heteroatoms. The number of hydrogen-bond acceptors (Lipinski definition) is 4. The number of rotatable bonds is 1.